The minimum atomic E-state index is 1.14. The number of aromatic nitrogens is 1. The molecule has 1 heterocycles. The number of benzene rings is 1. The van der Waals surface area contributed by atoms with Crippen LogP contribution in [0.4, 0.5) is 0 Å². The minimum absolute atomic E-state index is 1.14. The van der Waals surface area contributed by atoms with Crippen LogP contribution in [0.5, 0.6) is 0 Å². The second-order valence-corrected chi connectivity index (χ2v) is 4.52. The molecule has 1 nitrogen and oxygen atoms in total. The molecule has 0 aliphatic carbocycles. The first kappa shape index (κ1) is 11.0. The maximum Gasteiger partial charge on any atom is 0.0407 e. The van der Waals surface area contributed by atoms with Crippen molar-refractivity contribution in [3.63, 3.8) is 0 Å². The maximum absolute atomic E-state index is 4.23. The van der Waals surface area contributed by atoms with Crippen LogP contribution in [0.1, 0.15) is 12.5 Å². The molecule has 0 saturated carbocycles. The highest BCUT2D eigenvalue weighted by Crippen LogP contribution is 2.27. The summed E-state index contributed by atoms with van der Waals surface area (Å²) in [7, 11) is 0. The van der Waals surface area contributed by atoms with Gasteiger partial charge in [0.1, 0.15) is 0 Å². The first-order valence-electron chi connectivity index (χ1n) is 5.19. The second-order valence-electron chi connectivity index (χ2n) is 3.37. The van der Waals surface area contributed by atoms with E-state index in [9.17, 15) is 0 Å². The van der Waals surface area contributed by atoms with E-state index in [4.69, 9.17) is 0 Å². The summed E-state index contributed by atoms with van der Waals surface area (Å²) in [4.78, 5) is 6.63. The van der Waals surface area contributed by atoms with Crippen molar-refractivity contribution in [3.05, 3.63) is 60.4 Å². The third-order valence-corrected chi connectivity index (χ3v) is 3.04. The molecule has 2 rings (SSSR count). The van der Waals surface area contributed by atoms with E-state index in [1.54, 1.807) is 11.8 Å². The SMILES string of the molecule is C/C=C/c1cncc(Sc2ccccc2)c1. The normalized spacial score (nSPS) is 10.8. The molecule has 1 aromatic carbocycles. The summed E-state index contributed by atoms with van der Waals surface area (Å²) in [6.07, 6.45) is 7.84. The topological polar surface area (TPSA) is 12.9 Å². The molecule has 0 amide bonds. The van der Waals surface area contributed by atoms with Gasteiger partial charge in [-0.2, -0.15) is 0 Å². The molecule has 0 unspecified atom stereocenters. The molecule has 80 valence electrons. The Bertz CT molecular complexity index is 477. The molecule has 0 bridgehead atoms. The highest BCUT2D eigenvalue weighted by Gasteiger charge is 1.97. The quantitative estimate of drug-likeness (QED) is 0.776. The zero-order valence-corrected chi connectivity index (χ0v) is 9.95. The lowest BCUT2D eigenvalue weighted by atomic mass is 10.3. The molecule has 0 saturated heterocycles. The smallest absolute Gasteiger partial charge is 0.0407 e. The minimum Gasteiger partial charge on any atom is -0.263 e. The van der Waals surface area contributed by atoms with Crippen LogP contribution in [0.2, 0.25) is 0 Å². The molecule has 0 aliphatic heterocycles. The average Bonchev–Trinajstić information content (AvgIpc) is 2.31. The first-order valence-corrected chi connectivity index (χ1v) is 6.01. The summed E-state index contributed by atoms with van der Waals surface area (Å²) in [5.74, 6) is 0. The van der Waals surface area contributed by atoms with Crippen molar-refractivity contribution >= 4 is 17.8 Å². The van der Waals surface area contributed by atoms with E-state index in [1.807, 2.05) is 43.6 Å². The highest BCUT2D eigenvalue weighted by atomic mass is 32.2. The Balaban J connectivity index is 2.19. The molecule has 1 aromatic heterocycles. The third-order valence-electron chi connectivity index (χ3n) is 2.07. The highest BCUT2D eigenvalue weighted by molar-refractivity contribution is 7.99. The Morgan fingerprint density at radius 2 is 1.88 bits per heavy atom. The van der Waals surface area contributed by atoms with Gasteiger partial charge in [0.25, 0.3) is 0 Å². The molecule has 16 heavy (non-hydrogen) atoms. The van der Waals surface area contributed by atoms with Crippen molar-refractivity contribution in [2.24, 2.45) is 0 Å². The Morgan fingerprint density at radius 3 is 2.62 bits per heavy atom. The monoisotopic (exact) mass is 227 g/mol. The number of allylic oxidation sites excluding steroid dienone is 1. The summed E-state index contributed by atoms with van der Waals surface area (Å²) >= 11 is 1.73. The second kappa shape index (κ2) is 5.52. The van der Waals surface area contributed by atoms with E-state index in [2.05, 4.69) is 29.3 Å². The molecule has 0 fully saturated rings. The van der Waals surface area contributed by atoms with E-state index in [0.717, 1.165) is 5.56 Å². The first-order chi connectivity index (χ1) is 7.88. The molecule has 2 aromatic rings. The molecular formula is C14H13NS. The van der Waals surface area contributed by atoms with E-state index < -0.39 is 0 Å². The van der Waals surface area contributed by atoms with Crippen LogP contribution < -0.4 is 0 Å². The predicted molar refractivity (Wildman–Crippen MR) is 69.5 cm³/mol. The van der Waals surface area contributed by atoms with Gasteiger partial charge in [-0.1, -0.05) is 42.1 Å². The summed E-state index contributed by atoms with van der Waals surface area (Å²) in [6.45, 7) is 2.01. The Kier molecular flexibility index (Phi) is 3.78. The van der Waals surface area contributed by atoms with Gasteiger partial charge in [0.05, 0.1) is 0 Å². The van der Waals surface area contributed by atoms with Crippen molar-refractivity contribution in [1.29, 1.82) is 0 Å². The van der Waals surface area contributed by atoms with Gasteiger partial charge < -0.3 is 0 Å². The van der Waals surface area contributed by atoms with Crippen LogP contribution >= 0.6 is 11.8 Å². The zero-order valence-electron chi connectivity index (χ0n) is 9.13. The number of hydrogen-bond donors (Lipinski definition) is 0. The van der Waals surface area contributed by atoms with Gasteiger partial charge in [0.2, 0.25) is 0 Å². The van der Waals surface area contributed by atoms with E-state index in [0.29, 0.717) is 0 Å². The standard InChI is InChI=1S/C14H13NS/c1-2-6-12-9-14(11-15-10-12)16-13-7-4-3-5-8-13/h2-11H,1H3/b6-2+. The lowest BCUT2D eigenvalue weighted by Gasteiger charge is -2.01. The van der Waals surface area contributed by atoms with E-state index >= 15 is 0 Å². The van der Waals surface area contributed by atoms with Crippen molar-refractivity contribution in [1.82, 2.24) is 4.98 Å². The molecule has 0 aliphatic rings. The van der Waals surface area contributed by atoms with Gasteiger partial charge in [-0.25, -0.2) is 0 Å². The summed E-state index contributed by atoms with van der Waals surface area (Å²) < 4.78 is 0. The van der Waals surface area contributed by atoms with Gasteiger partial charge in [-0.3, -0.25) is 4.98 Å². The maximum atomic E-state index is 4.23. The van der Waals surface area contributed by atoms with Crippen LogP contribution in [0, 0.1) is 0 Å². The van der Waals surface area contributed by atoms with E-state index in [-0.39, 0.29) is 0 Å². The number of nitrogens with zero attached hydrogens (tertiary/aromatic N) is 1. The zero-order chi connectivity index (χ0) is 11.2. The van der Waals surface area contributed by atoms with Crippen molar-refractivity contribution in [3.8, 4) is 0 Å². The van der Waals surface area contributed by atoms with E-state index in [1.165, 1.54) is 9.79 Å². The van der Waals surface area contributed by atoms with Crippen molar-refractivity contribution in [2.45, 2.75) is 16.7 Å². The predicted octanol–water partition coefficient (Wildman–Crippen LogP) is 4.27. The fourth-order valence-electron chi connectivity index (χ4n) is 1.40. The van der Waals surface area contributed by atoms with Crippen molar-refractivity contribution < 1.29 is 0 Å². The fourth-order valence-corrected chi connectivity index (χ4v) is 2.27. The Hall–Kier alpha value is -1.54. The summed E-state index contributed by atoms with van der Waals surface area (Å²) in [5.41, 5.74) is 1.14. The van der Waals surface area contributed by atoms with Gasteiger partial charge in [0, 0.05) is 22.2 Å². The van der Waals surface area contributed by atoms with Gasteiger partial charge in [-0.05, 0) is 30.7 Å². The lowest BCUT2D eigenvalue weighted by Crippen LogP contribution is -1.79. The third kappa shape index (κ3) is 2.97. The van der Waals surface area contributed by atoms with Crippen LogP contribution in [0.15, 0.2) is 64.7 Å². The van der Waals surface area contributed by atoms with Crippen LogP contribution in [-0.4, -0.2) is 4.98 Å². The number of rotatable bonds is 3. The van der Waals surface area contributed by atoms with Gasteiger partial charge in [0.15, 0.2) is 0 Å². The lowest BCUT2D eigenvalue weighted by molar-refractivity contribution is 1.22. The van der Waals surface area contributed by atoms with Crippen LogP contribution in [0.25, 0.3) is 6.08 Å². The number of hydrogen-bond acceptors (Lipinski definition) is 2. The molecule has 0 spiro atoms. The summed E-state index contributed by atoms with van der Waals surface area (Å²) in [6, 6.07) is 12.5. The van der Waals surface area contributed by atoms with Crippen LogP contribution in [0.3, 0.4) is 0 Å². The largest absolute Gasteiger partial charge is 0.263 e. The average molecular weight is 227 g/mol. The fraction of sp³-hybridized carbons (Fsp3) is 0.0714. The Morgan fingerprint density at radius 1 is 1.06 bits per heavy atom. The van der Waals surface area contributed by atoms with Gasteiger partial charge >= 0.3 is 0 Å². The summed E-state index contributed by atoms with van der Waals surface area (Å²) in [5, 5.41) is 0. The van der Waals surface area contributed by atoms with Crippen molar-refractivity contribution in [2.75, 3.05) is 0 Å². The molecule has 2 heteroatoms. The van der Waals surface area contributed by atoms with Gasteiger partial charge in [-0.15, -0.1) is 0 Å². The Labute approximate surface area is 100 Å². The number of pyridine rings is 1. The molecule has 0 atom stereocenters. The van der Waals surface area contributed by atoms with Crippen LogP contribution in [-0.2, 0) is 0 Å². The molecule has 0 radical (unpaired) electrons. The molecule has 0 N–H and O–H groups in total. The molecular weight excluding hydrogens is 214 g/mol.